The van der Waals surface area contributed by atoms with Crippen LogP contribution in [0.15, 0.2) is 30.3 Å². The van der Waals surface area contributed by atoms with Crippen molar-refractivity contribution in [1.82, 2.24) is 15.5 Å². The zero-order chi connectivity index (χ0) is 14.0. The molecule has 0 bridgehead atoms. The van der Waals surface area contributed by atoms with E-state index in [1.807, 2.05) is 0 Å². The number of piperazine rings is 1. The lowest BCUT2D eigenvalue weighted by Gasteiger charge is -2.28. The minimum absolute atomic E-state index is 0.616. The summed E-state index contributed by atoms with van der Waals surface area (Å²) in [7, 11) is 0. The first-order chi connectivity index (χ1) is 9.88. The Hall–Kier alpha value is -0.900. The molecule has 2 N–H and O–H groups in total. The third kappa shape index (κ3) is 5.61. The number of benzene rings is 1. The second-order valence-electron chi connectivity index (χ2n) is 5.72. The van der Waals surface area contributed by atoms with Crippen LogP contribution in [0, 0.1) is 0 Å². The molecule has 1 aromatic carbocycles. The zero-order valence-electron chi connectivity index (χ0n) is 12.8. The van der Waals surface area contributed by atoms with Crippen LogP contribution in [0.2, 0.25) is 0 Å². The van der Waals surface area contributed by atoms with Crippen LogP contribution in [0.4, 0.5) is 0 Å². The van der Waals surface area contributed by atoms with Gasteiger partial charge in [0.2, 0.25) is 0 Å². The molecule has 0 aromatic heterocycles. The minimum Gasteiger partial charge on any atom is -0.314 e. The maximum Gasteiger partial charge on any atom is 0.0108 e. The van der Waals surface area contributed by atoms with E-state index in [1.165, 1.54) is 38.0 Å². The molecule has 2 rings (SSSR count). The van der Waals surface area contributed by atoms with Crippen molar-refractivity contribution in [3.05, 3.63) is 35.9 Å². The number of hydrogen-bond donors (Lipinski definition) is 2. The first-order valence-corrected chi connectivity index (χ1v) is 8.09. The number of rotatable bonds is 8. The molecule has 1 aromatic rings. The third-order valence-corrected chi connectivity index (χ3v) is 4.03. The molecule has 20 heavy (non-hydrogen) atoms. The minimum atomic E-state index is 0.616. The van der Waals surface area contributed by atoms with Gasteiger partial charge in [0.15, 0.2) is 0 Å². The molecule has 1 heterocycles. The van der Waals surface area contributed by atoms with Gasteiger partial charge in [-0.25, -0.2) is 0 Å². The van der Waals surface area contributed by atoms with Gasteiger partial charge in [-0.1, -0.05) is 43.7 Å². The van der Waals surface area contributed by atoms with Crippen molar-refractivity contribution in [2.75, 3.05) is 39.3 Å². The third-order valence-electron chi connectivity index (χ3n) is 4.03. The van der Waals surface area contributed by atoms with Crippen molar-refractivity contribution < 1.29 is 0 Å². The molecule has 3 nitrogen and oxygen atoms in total. The Morgan fingerprint density at radius 1 is 1.20 bits per heavy atom. The van der Waals surface area contributed by atoms with Crippen LogP contribution in [-0.2, 0) is 6.42 Å². The van der Waals surface area contributed by atoms with E-state index < -0.39 is 0 Å². The second kappa shape index (κ2) is 9.11. The van der Waals surface area contributed by atoms with Crippen LogP contribution in [0.3, 0.4) is 0 Å². The lowest BCUT2D eigenvalue weighted by Crippen LogP contribution is -2.46. The van der Waals surface area contributed by atoms with Crippen molar-refractivity contribution in [3.63, 3.8) is 0 Å². The molecule has 0 spiro atoms. The Morgan fingerprint density at radius 2 is 1.95 bits per heavy atom. The fourth-order valence-electron chi connectivity index (χ4n) is 2.88. The standard InChI is InChI=1S/C17H29N3/c1-2-6-17(15-16-7-4-3-5-8-16)19-11-14-20-12-9-18-10-13-20/h3-5,7-8,17-19H,2,6,9-15H2,1H3. The van der Waals surface area contributed by atoms with Gasteiger partial charge in [0, 0.05) is 45.3 Å². The van der Waals surface area contributed by atoms with Gasteiger partial charge in [-0.2, -0.15) is 0 Å². The summed E-state index contributed by atoms with van der Waals surface area (Å²) in [4.78, 5) is 2.55. The van der Waals surface area contributed by atoms with Crippen LogP contribution in [0.25, 0.3) is 0 Å². The van der Waals surface area contributed by atoms with Gasteiger partial charge < -0.3 is 10.6 Å². The van der Waals surface area contributed by atoms with E-state index in [2.05, 4.69) is 52.8 Å². The number of hydrogen-bond acceptors (Lipinski definition) is 3. The molecule has 0 amide bonds. The molecule has 1 aliphatic rings. The average molecular weight is 275 g/mol. The normalized spacial score (nSPS) is 18.1. The first-order valence-electron chi connectivity index (χ1n) is 8.09. The Morgan fingerprint density at radius 3 is 2.65 bits per heavy atom. The quantitative estimate of drug-likeness (QED) is 0.759. The highest BCUT2D eigenvalue weighted by molar-refractivity contribution is 5.15. The lowest BCUT2D eigenvalue weighted by molar-refractivity contribution is 0.237. The summed E-state index contributed by atoms with van der Waals surface area (Å²) in [5.74, 6) is 0. The van der Waals surface area contributed by atoms with Crippen molar-refractivity contribution in [2.45, 2.75) is 32.2 Å². The molecule has 0 aliphatic carbocycles. The molecular formula is C17H29N3. The van der Waals surface area contributed by atoms with Crippen molar-refractivity contribution >= 4 is 0 Å². The van der Waals surface area contributed by atoms with Crippen LogP contribution in [-0.4, -0.2) is 50.2 Å². The Balaban J connectivity index is 1.71. The average Bonchev–Trinajstić information content (AvgIpc) is 2.49. The molecule has 0 saturated carbocycles. The highest BCUT2D eigenvalue weighted by Crippen LogP contribution is 2.07. The predicted molar refractivity (Wildman–Crippen MR) is 86.2 cm³/mol. The van der Waals surface area contributed by atoms with Crippen molar-refractivity contribution in [2.24, 2.45) is 0 Å². The smallest absolute Gasteiger partial charge is 0.0108 e. The SMILES string of the molecule is CCCC(Cc1ccccc1)NCCN1CCNCC1. The van der Waals surface area contributed by atoms with Crippen LogP contribution in [0.5, 0.6) is 0 Å². The van der Waals surface area contributed by atoms with Crippen LogP contribution in [0.1, 0.15) is 25.3 Å². The summed E-state index contributed by atoms with van der Waals surface area (Å²) >= 11 is 0. The van der Waals surface area contributed by atoms with Crippen LogP contribution < -0.4 is 10.6 Å². The molecule has 0 radical (unpaired) electrons. The van der Waals surface area contributed by atoms with Gasteiger partial charge in [0.1, 0.15) is 0 Å². The maximum atomic E-state index is 3.75. The predicted octanol–water partition coefficient (Wildman–Crippen LogP) is 1.89. The van der Waals surface area contributed by atoms with E-state index in [0.29, 0.717) is 6.04 Å². The van der Waals surface area contributed by atoms with E-state index in [1.54, 1.807) is 0 Å². The zero-order valence-corrected chi connectivity index (χ0v) is 12.8. The highest BCUT2D eigenvalue weighted by atomic mass is 15.2. The monoisotopic (exact) mass is 275 g/mol. The molecular weight excluding hydrogens is 246 g/mol. The van der Waals surface area contributed by atoms with Gasteiger partial charge in [-0.3, -0.25) is 4.90 Å². The largest absolute Gasteiger partial charge is 0.314 e. The summed E-state index contributed by atoms with van der Waals surface area (Å²) in [5.41, 5.74) is 1.45. The fraction of sp³-hybridized carbons (Fsp3) is 0.647. The second-order valence-corrected chi connectivity index (χ2v) is 5.72. The molecule has 1 fully saturated rings. The summed E-state index contributed by atoms with van der Waals surface area (Å²) < 4.78 is 0. The molecule has 1 aliphatic heterocycles. The van der Waals surface area contributed by atoms with Gasteiger partial charge in [0.25, 0.3) is 0 Å². The molecule has 1 unspecified atom stereocenters. The van der Waals surface area contributed by atoms with E-state index in [4.69, 9.17) is 0 Å². The molecule has 112 valence electrons. The Kier molecular flexibility index (Phi) is 7.06. The Bertz CT molecular complexity index is 347. The van der Waals surface area contributed by atoms with E-state index in [-0.39, 0.29) is 0 Å². The van der Waals surface area contributed by atoms with Crippen LogP contribution >= 0.6 is 0 Å². The van der Waals surface area contributed by atoms with Crippen molar-refractivity contribution in [3.8, 4) is 0 Å². The molecule has 1 atom stereocenters. The molecule has 1 saturated heterocycles. The van der Waals surface area contributed by atoms with Gasteiger partial charge >= 0.3 is 0 Å². The molecule has 3 heteroatoms. The summed E-state index contributed by atoms with van der Waals surface area (Å²) in [6, 6.07) is 11.5. The summed E-state index contributed by atoms with van der Waals surface area (Å²) in [6.07, 6.45) is 3.66. The Labute approximate surface area is 123 Å². The first kappa shape index (κ1) is 15.5. The van der Waals surface area contributed by atoms with Crippen molar-refractivity contribution in [1.29, 1.82) is 0 Å². The summed E-state index contributed by atoms with van der Waals surface area (Å²) in [6.45, 7) is 9.23. The number of nitrogens with one attached hydrogen (secondary N) is 2. The van der Waals surface area contributed by atoms with Gasteiger partial charge in [-0.05, 0) is 18.4 Å². The highest BCUT2D eigenvalue weighted by Gasteiger charge is 2.11. The fourth-order valence-corrected chi connectivity index (χ4v) is 2.88. The topological polar surface area (TPSA) is 27.3 Å². The summed E-state index contributed by atoms with van der Waals surface area (Å²) in [5, 5.41) is 7.16. The maximum absolute atomic E-state index is 3.75. The number of nitrogens with zero attached hydrogens (tertiary/aromatic N) is 1. The lowest BCUT2D eigenvalue weighted by atomic mass is 10.0. The van der Waals surface area contributed by atoms with Gasteiger partial charge in [-0.15, -0.1) is 0 Å². The van der Waals surface area contributed by atoms with E-state index >= 15 is 0 Å². The van der Waals surface area contributed by atoms with E-state index in [0.717, 1.165) is 26.1 Å². The van der Waals surface area contributed by atoms with Gasteiger partial charge in [0.05, 0.1) is 0 Å². The van der Waals surface area contributed by atoms with E-state index in [9.17, 15) is 0 Å².